The van der Waals surface area contributed by atoms with Crippen LogP contribution in [0.15, 0.2) is 35.1 Å². The van der Waals surface area contributed by atoms with Crippen molar-refractivity contribution < 1.29 is 4.74 Å². The van der Waals surface area contributed by atoms with Crippen molar-refractivity contribution in [1.82, 2.24) is 9.78 Å². The number of aromatic nitrogens is 2. The molecule has 0 N–H and O–H groups in total. The maximum atomic E-state index is 11.8. The van der Waals surface area contributed by atoms with Gasteiger partial charge in [-0.25, -0.2) is 0 Å². The number of nitrogens with zero attached hydrogens (tertiary/aromatic N) is 3. The predicted octanol–water partition coefficient (Wildman–Crippen LogP) is 1.77. The van der Waals surface area contributed by atoms with E-state index in [1.54, 1.807) is 24.3 Å². The van der Waals surface area contributed by atoms with Gasteiger partial charge in [-0.3, -0.25) is 4.79 Å². The molecule has 6 heteroatoms. The van der Waals surface area contributed by atoms with Crippen molar-refractivity contribution in [3.8, 4) is 17.5 Å². The summed E-state index contributed by atoms with van der Waals surface area (Å²) in [4.78, 5) is 11.8. The third kappa shape index (κ3) is 2.19. The summed E-state index contributed by atoms with van der Waals surface area (Å²) in [6.07, 6.45) is 0. The van der Waals surface area contributed by atoms with E-state index in [1.807, 2.05) is 6.07 Å². The molecule has 0 fully saturated rings. The van der Waals surface area contributed by atoms with Gasteiger partial charge in [-0.2, -0.15) is 15.0 Å². The summed E-state index contributed by atoms with van der Waals surface area (Å²) in [6.45, 7) is 0. The summed E-state index contributed by atoms with van der Waals surface area (Å²) in [7, 11) is 1.53. The monoisotopic (exact) mass is 261 g/mol. The van der Waals surface area contributed by atoms with Gasteiger partial charge in [0.25, 0.3) is 5.56 Å². The van der Waals surface area contributed by atoms with Gasteiger partial charge in [-0.05, 0) is 12.1 Å². The molecule has 0 radical (unpaired) electrons. The molecule has 0 amide bonds. The van der Waals surface area contributed by atoms with Crippen LogP contribution in [0.2, 0.25) is 5.02 Å². The molecule has 1 aromatic heterocycles. The smallest absolute Gasteiger partial charge is 0.273 e. The molecule has 0 atom stereocenters. The minimum Gasteiger partial charge on any atom is -0.497 e. The van der Waals surface area contributed by atoms with Crippen molar-refractivity contribution in [2.45, 2.75) is 0 Å². The van der Waals surface area contributed by atoms with Crippen molar-refractivity contribution in [2.75, 3.05) is 7.11 Å². The van der Waals surface area contributed by atoms with Crippen LogP contribution in [0.4, 0.5) is 0 Å². The van der Waals surface area contributed by atoms with Crippen LogP contribution in [0, 0.1) is 11.3 Å². The van der Waals surface area contributed by atoms with E-state index in [0.29, 0.717) is 11.4 Å². The number of rotatable bonds is 2. The first kappa shape index (κ1) is 12.1. The van der Waals surface area contributed by atoms with Crippen LogP contribution in [-0.2, 0) is 0 Å². The summed E-state index contributed by atoms with van der Waals surface area (Å²) in [5, 5.41) is 12.8. The zero-order valence-corrected chi connectivity index (χ0v) is 10.2. The van der Waals surface area contributed by atoms with Gasteiger partial charge in [0.05, 0.1) is 17.8 Å². The third-order valence-corrected chi connectivity index (χ3v) is 2.58. The van der Waals surface area contributed by atoms with Crippen molar-refractivity contribution in [1.29, 1.82) is 5.26 Å². The van der Waals surface area contributed by atoms with E-state index in [9.17, 15) is 4.79 Å². The Hall–Kier alpha value is -2.32. The molecule has 1 aromatic carbocycles. The fourth-order valence-electron chi connectivity index (χ4n) is 1.44. The number of methoxy groups -OCH3 is 1. The summed E-state index contributed by atoms with van der Waals surface area (Å²) >= 11 is 5.72. The van der Waals surface area contributed by atoms with Gasteiger partial charge in [0.2, 0.25) is 0 Å². The van der Waals surface area contributed by atoms with Crippen molar-refractivity contribution in [2.24, 2.45) is 0 Å². The van der Waals surface area contributed by atoms with Gasteiger partial charge in [0.1, 0.15) is 11.8 Å². The normalized spacial score (nSPS) is 9.83. The van der Waals surface area contributed by atoms with Crippen LogP contribution < -0.4 is 10.3 Å². The lowest BCUT2D eigenvalue weighted by molar-refractivity contribution is 0.414. The Bertz CT molecular complexity index is 688. The zero-order chi connectivity index (χ0) is 13.1. The summed E-state index contributed by atoms with van der Waals surface area (Å²) in [5.74, 6) is 0.592. The number of ether oxygens (including phenoxy) is 1. The Morgan fingerprint density at radius 1 is 1.44 bits per heavy atom. The first-order valence-electron chi connectivity index (χ1n) is 5.00. The van der Waals surface area contributed by atoms with Gasteiger partial charge < -0.3 is 4.74 Å². The standard InChI is InChI=1S/C12H8ClN3O2/c1-18-9-4-2-3-8(5-9)16-12(17)6-10(13)11(7-14)15-16/h2-6H,1H3. The molecular weight excluding hydrogens is 254 g/mol. The predicted molar refractivity (Wildman–Crippen MR) is 66.1 cm³/mol. The van der Waals surface area contributed by atoms with E-state index in [2.05, 4.69) is 5.10 Å². The molecule has 1 heterocycles. The van der Waals surface area contributed by atoms with Gasteiger partial charge in [-0.1, -0.05) is 17.7 Å². The second-order valence-corrected chi connectivity index (χ2v) is 3.81. The second-order valence-electron chi connectivity index (χ2n) is 3.40. The summed E-state index contributed by atoms with van der Waals surface area (Å²) < 4.78 is 6.17. The molecule has 0 aliphatic rings. The molecule has 0 aliphatic heterocycles. The minimum atomic E-state index is -0.410. The quantitative estimate of drug-likeness (QED) is 0.826. The van der Waals surface area contributed by atoms with Gasteiger partial charge in [-0.15, -0.1) is 0 Å². The third-order valence-electron chi connectivity index (χ3n) is 2.29. The molecule has 5 nitrogen and oxygen atoms in total. The molecule has 90 valence electrons. The van der Waals surface area contributed by atoms with Gasteiger partial charge in [0.15, 0.2) is 5.69 Å². The Morgan fingerprint density at radius 3 is 2.89 bits per heavy atom. The Morgan fingerprint density at radius 2 is 2.22 bits per heavy atom. The first-order chi connectivity index (χ1) is 8.65. The first-order valence-corrected chi connectivity index (χ1v) is 5.38. The molecule has 2 rings (SSSR count). The minimum absolute atomic E-state index is 0.000846. The summed E-state index contributed by atoms with van der Waals surface area (Å²) in [6, 6.07) is 9.79. The average molecular weight is 262 g/mol. The van der Waals surface area contributed by atoms with Gasteiger partial charge >= 0.3 is 0 Å². The number of hydrogen-bond donors (Lipinski definition) is 0. The van der Waals surface area contributed by atoms with E-state index in [4.69, 9.17) is 21.6 Å². The Labute approximate surface area is 108 Å². The fraction of sp³-hybridized carbons (Fsp3) is 0.0833. The second kappa shape index (κ2) is 4.90. The largest absolute Gasteiger partial charge is 0.497 e. The topological polar surface area (TPSA) is 67.9 Å². The average Bonchev–Trinajstić information content (AvgIpc) is 2.39. The number of hydrogen-bond acceptors (Lipinski definition) is 4. The van der Waals surface area contributed by atoms with E-state index >= 15 is 0 Å². The molecule has 0 saturated heterocycles. The lowest BCUT2D eigenvalue weighted by atomic mass is 10.3. The lowest BCUT2D eigenvalue weighted by Gasteiger charge is -2.06. The SMILES string of the molecule is COc1cccc(-n2nc(C#N)c(Cl)cc2=O)c1. The van der Waals surface area contributed by atoms with E-state index in [1.165, 1.54) is 7.11 Å². The number of benzene rings is 1. The maximum Gasteiger partial charge on any atom is 0.273 e. The van der Waals surface area contributed by atoms with E-state index < -0.39 is 5.56 Å². The highest BCUT2D eigenvalue weighted by Crippen LogP contribution is 2.15. The molecule has 0 saturated carbocycles. The maximum absolute atomic E-state index is 11.8. The van der Waals surface area contributed by atoms with Crippen LogP contribution >= 0.6 is 11.6 Å². The van der Waals surface area contributed by atoms with Gasteiger partial charge in [0, 0.05) is 12.1 Å². The molecule has 0 bridgehead atoms. The zero-order valence-electron chi connectivity index (χ0n) is 9.42. The molecule has 0 spiro atoms. The highest BCUT2D eigenvalue weighted by molar-refractivity contribution is 6.31. The van der Waals surface area contributed by atoms with E-state index in [0.717, 1.165) is 10.7 Å². The Kier molecular flexibility index (Phi) is 3.31. The van der Waals surface area contributed by atoms with Crippen LogP contribution in [0.3, 0.4) is 0 Å². The molecular formula is C12H8ClN3O2. The number of nitriles is 1. The van der Waals surface area contributed by atoms with Crippen molar-refractivity contribution >= 4 is 11.6 Å². The van der Waals surface area contributed by atoms with Crippen LogP contribution in [0.25, 0.3) is 5.69 Å². The number of halogens is 1. The molecule has 18 heavy (non-hydrogen) atoms. The summed E-state index contributed by atoms with van der Waals surface area (Å²) in [5.41, 5.74) is 0.0962. The Balaban J connectivity index is 2.64. The van der Waals surface area contributed by atoms with Crippen LogP contribution in [-0.4, -0.2) is 16.9 Å². The van der Waals surface area contributed by atoms with E-state index in [-0.39, 0.29) is 10.7 Å². The highest BCUT2D eigenvalue weighted by atomic mass is 35.5. The lowest BCUT2D eigenvalue weighted by Crippen LogP contribution is -2.21. The highest BCUT2D eigenvalue weighted by Gasteiger charge is 2.08. The fourth-order valence-corrected chi connectivity index (χ4v) is 1.61. The van der Waals surface area contributed by atoms with Crippen LogP contribution in [0.1, 0.15) is 5.69 Å². The molecule has 2 aromatic rings. The molecule has 0 aliphatic carbocycles. The van der Waals surface area contributed by atoms with Crippen molar-refractivity contribution in [3.05, 3.63) is 51.4 Å². The van der Waals surface area contributed by atoms with Crippen molar-refractivity contribution in [3.63, 3.8) is 0 Å². The molecule has 0 unspecified atom stereocenters. The van der Waals surface area contributed by atoms with Crippen LogP contribution in [0.5, 0.6) is 5.75 Å².